The Bertz CT molecular complexity index is 1120. The lowest BCUT2D eigenvalue weighted by Crippen LogP contribution is -2.51. The lowest BCUT2D eigenvalue weighted by Gasteiger charge is -2.35. The molecule has 0 unspecified atom stereocenters. The number of amides is 2. The summed E-state index contributed by atoms with van der Waals surface area (Å²) in [6.07, 6.45) is 0.327. The molecule has 0 aliphatic carbocycles. The summed E-state index contributed by atoms with van der Waals surface area (Å²) in [5, 5.41) is 5.31. The fraction of sp³-hybridized carbons (Fsp3) is 0.391. The van der Waals surface area contributed by atoms with Crippen LogP contribution in [0.1, 0.15) is 47.1 Å². The van der Waals surface area contributed by atoms with Gasteiger partial charge in [-0.3, -0.25) is 9.59 Å². The van der Waals surface area contributed by atoms with Gasteiger partial charge in [-0.1, -0.05) is 42.7 Å². The van der Waals surface area contributed by atoms with E-state index in [2.05, 4.69) is 10.1 Å². The number of halogens is 1. The zero-order chi connectivity index (χ0) is 22.1. The maximum atomic E-state index is 13.4. The molecular weight excluding hydrogens is 416 g/mol. The summed E-state index contributed by atoms with van der Waals surface area (Å²) < 4.78 is 5.34. The number of fused-ring (bicyclic) bond motifs is 1. The molecule has 2 aromatic heterocycles. The number of carbonyl (C=O) groups excluding carboxylic acids is 2. The monoisotopic (exact) mass is 440 g/mol. The van der Waals surface area contributed by atoms with Crippen LogP contribution in [0.5, 0.6) is 0 Å². The van der Waals surface area contributed by atoms with Gasteiger partial charge >= 0.3 is 0 Å². The molecule has 7 nitrogen and oxygen atoms in total. The van der Waals surface area contributed by atoms with Gasteiger partial charge in [0.15, 0.2) is 0 Å². The highest BCUT2D eigenvalue weighted by Gasteiger charge is 2.28. The number of hydrogen-bond acceptors (Lipinski definition) is 5. The third-order valence-corrected chi connectivity index (χ3v) is 5.90. The van der Waals surface area contributed by atoms with Gasteiger partial charge < -0.3 is 14.3 Å². The van der Waals surface area contributed by atoms with E-state index in [-0.39, 0.29) is 17.7 Å². The summed E-state index contributed by atoms with van der Waals surface area (Å²) in [5.41, 5.74) is 3.33. The van der Waals surface area contributed by atoms with Crippen LogP contribution in [0.25, 0.3) is 11.1 Å². The highest BCUT2D eigenvalue weighted by Crippen LogP contribution is 2.26. The molecule has 2 amide bonds. The van der Waals surface area contributed by atoms with Crippen LogP contribution in [0.4, 0.5) is 0 Å². The minimum absolute atomic E-state index is 0.0534. The smallest absolute Gasteiger partial charge is 0.259 e. The largest absolute Gasteiger partial charge is 0.339 e. The summed E-state index contributed by atoms with van der Waals surface area (Å²) in [6, 6.07) is 9.14. The van der Waals surface area contributed by atoms with Crippen LogP contribution >= 0.6 is 11.6 Å². The first-order valence-electron chi connectivity index (χ1n) is 10.4. The molecule has 1 aromatic carbocycles. The molecule has 0 saturated carbocycles. The van der Waals surface area contributed by atoms with E-state index in [4.69, 9.17) is 16.1 Å². The Morgan fingerprint density at radius 3 is 2.39 bits per heavy atom. The van der Waals surface area contributed by atoms with E-state index >= 15 is 0 Å². The maximum absolute atomic E-state index is 13.4. The second kappa shape index (κ2) is 8.67. The highest BCUT2D eigenvalue weighted by atomic mass is 35.5. The van der Waals surface area contributed by atoms with Gasteiger partial charge in [-0.25, -0.2) is 4.98 Å². The Morgan fingerprint density at radius 2 is 1.74 bits per heavy atom. The van der Waals surface area contributed by atoms with Crippen molar-refractivity contribution >= 4 is 34.5 Å². The Hall–Kier alpha value is -2.93. The quantitative estimate of drug-likeness (QED) is 0.615. The molecule has 31 heavy (non-hydrogen) atoms. The van der Waals surface area contributed by atoms with Crippen molar-refractivity contribution in [1.82, 2.24) is 19.9 Å². The highest BCUT2D eigenvalue weighted by molar-refractivity contribution is 6.30. The van der Waals surface area contributed by atoms with Gasteiger partial charge in [0.2, 0.25) is 5.91 Å². The fourth-order valence-electron chi connectivity index (χ4n) is 3.80. The molecule has 0 radical (unpaired) electrons. The average molecular weight is 441 g/mol. The predicted octanol–water partition coefficient (Wildman–Crippen LogP) is 3.84. The van der Waals surface area contributed by atoms with Crippen LogP contribution in [0.2, 0.25) is 5.02 Å². The fourth-order valence-corrected chi connectivity index (χ4v) is 3.92. The number of pyridine rings is 1. The minimum Gasteiger partial charge on any atom is -0.339 e. The van der Waals surface area contributed by atoms with E-state index in [1.54, 1.807) is 17.0 Å². The Morgan fingerprint density at radius 1 is 1.10 bits per heavy atom. The van der Waals surface area contributed by atoms with Crippen LogP contribution in [0.15, 0.2) is 34.9 Å². The average Bonchev–Trinajstić information content (AvgIpc) is 3.15. The van der Waals surface area contributed by atoms with Crippen LogP contribution in [-0.2, 0) is 11.2 Å². The van der Waals surface area contributed by atoms with E-state index < -0.39 is 0 Å². The third-order valence-electron chi connectivity index (χ3n) is 5.65. The summed E-state index contributed by atoms with van der Waals surface area (Å²) >= 11 is 5.91. The van der Waals surface area contributed by atoms with Crippen molar-refractivity contribution in [3.8, 4) is 0 Å². The van der Waals surface area contributed by atoms with E-state index in [1.807, 2.05) is 43.9 Å². The molecule has 162 valence electrons. The van der Waals surface area contributed by atoms with E-state index in [9.17, 15) is 9.59 Å². The molecule has 1 fully saturated rings. The molecule has 1 aliphatic rings. The van der Waals surface area contributed by atoms with Crippen LogP contribution < -0.4 is 0 Å². The van der Waals surface area contributed by atoms with E-state index in [0.717, 1.165) is 11.3 Å². The van der Waals surface area contributed by atoms with Crippen molar-refractivity contribution in [2.24, 2.45) is 0 Å². The first-order chi connectivity index (χ1) is 14.8. The van der Waals surface area contributed by atoms with Gasteiger partial charge in [0.25, 0.3) is 11.6 Å². The normalized spacial score (nSPS) is 14.5. The van der Waals surface area contributed by atoms with Gasteiger partial charge in [0.05, 0.1) is 23.1 Å². The Labute approximate surface area is 186 Å². The number of benzene rings is 1. The Balaban J connectivity index is 1.46. The maximum Gasteiger partial charge on any atom is 0.259 e. The molecule has 4 rings (SSSR count). The summed E-state index contributed by atoms with van der Waals surface area (Å²) in [4.78, 5) is 34.1. The van der Waals surface area contributed by atoms with Crippen molar-refractivity contribution in [1.29, 1.82) is 0 Å². The van der Waals surface area contributed by atoms with E-state index in [0.29, 0.717) is 60.0 Å². The number of carbonyl (C=O) groups is 2. The molecule has 0 spiro atoms. The number of piperazine rings is 1. The Kier molecular flexibility index (Phi) is 5.96. The molecule has 3 aromatic rings. The summed E-state index contributed by atoms with van der Waals surface area (Å²) in [5.74, 6) is 0.131. The third kappa shape index (κ3) is 4.42. The molecule has 0 N–H and O–H groups in total. The van der Waals surface area contributed by atoms with Crippen LogP contribution in [0, 0.1) is 6.92 Å². The standard InChI is InChI=1S/C23H25ClN4O3/c1-14(2)19-13-18(21-15(3)26-31-22(21)25-19)23(30)28-10-8-27(9-11-28)20(29)12-16-4-6-17(24)7-5-16/h4-7,13-14H,8-12H2,1-3H3. The van der Waals surface area contributed by atoms with Crippen molar-refractivity contribution in [2.75, 3.05) is 26.2 Å². The molecule has 3 heterocycles. The molecule has 1 aliphatic heterocycles. The second-order valence-corrected chi connectivity index (χ2v) is 8.61. The second-order valence-electron chi connectivity index (χ2n) is 8.17. The van der Waals surface area contributed by atoms with Crippen molar-refractivity contribution in [3.63, 3.8) is 0 Å². The molecular formula is C23H25ClN4O3. The number of nitrogens with zero attached hydrogens (tertiary/aromatic N) is 4. The van der Waals surface area contributed by atoms with Gasteiger partial charge in [0.1, 0.15) is 0 Å². The SMILES string of the molecule is Cc1noc2nc(C(C)C)cc(C(=O)N3CCN(C(=O)Cc4ccc(Cl)cc4)CC3)c12. The van der Waals surface area contributed by atoms with Gasteiger partial charge in [-0.2, -0.15) is 0 Å². The molecule has 8 heteroatoms. The lowest BCUT2D eigenvalue weighted by molar-refractivity contribution is -0.131. The summed E-state index contributed by atoms with van der Waals surface area (Å²) in [7, 11) is 0. The van der Waals surface area contributed by atoms with Gasteiger partial charge in [0, 0.05) is 36.9 Å². The van der Waals surface area contributed by atoms with E-state index in [1.165, 1.54) is 0 Å². The van der Waals surface area contributed by atoms with Crippen LogP contribution in [-0.4, -0.2) is 57.9 Å². The molecule has 0 atom stereocenters. The molecule has 1 saturated heterocycles. The van der Waals surface area contributed by atoms with Crippen molar-refractivity contribution in [3.05, 3.63) is 57.9 Å². The number of rotatable bonds is 4. The minimum atomic E-state index is -0.0783. The number of aromatic nitrogens is 2. The number of hydrogen-bond donors (Lipinski definition) is 0. The summed E-state index contributed by atoms with van der Waals surface area (Å²) in [6.45, 7) is 7.84. The van der Waals surface area contributed by atoms with Gasteiger partial charge in [-0.05, 0) is 36.6 Å². The van der Waals surface area contributed by atoms with Gasteiger partial charge in [-0.15, -0.1) is 0 Å². The lowest BCUT2D eigenvalue weighted by atomic mass is 10.0. The molecule has 0 bridgehead atoms. The zero-order valence-corrected chi connectivity index (χ0v) is 18.6. The number of aryl methyl sites for hydroxylation is 1. The topological polar surface area (TPSA) is 79.5 Å². The first-order valence-corrected chi connectivity index (χ1v) is 10.8. The van der Waals surface area contributed by atoms with Crippen molar-refractivity contribution < 1.29 is 14.1 Å². The predicted molar refractivity (Wildman–Crippen MR) is 118 cm³/mol. The first kappa shape index (κ1) is 21.3. The van der Waals surface area contributed by atoms with Crippen LogP contribution in [0.3, 0.4) is 0 Å². The van der Waals surface area contributed by atoms with Crippen molar-refractivity contribution in [2.45, 2.75) is 33.1 Å². The zero-order valence-electron chi connectivity index (χ0n) is 17.9.